The molecule has 1 aliphatic carbocycles. The number of rotatable bonds is 7. The van der Waals surface area contributed by atoms with Crippen LogP contribution in [0.3, 0.4) is 0 Å². The van der Waals surface area contributed by atoms with E-state index >= 15 is 0 Å². The molecule has 0 bridgehead atoms. The van der Waals surface area contributed by atoms with E-state index in [1.807, 2.05) is 13.0 Å². The number of sulfonamides is 1. The van der Waals surface area contributed by atoms with Crippen molar-refractivity contribution >= 4 is 16.2 Å². The van der Waals surface area contributed by atoms with Gasteiger partial charge in [0.1, 0.15) is 17.3 Å². The second-order valence-electron chi connectivity index (χ2n) is 5.82. The molecule has 2 atom stereocenters. The summed E-state index contributed by atoms with van der Waals surface area (Å²) >= 11 is 0. The van der Waals surface area contributed by atoms with E-state index in [0.29, 0.717) is 30.0 Å². The summed E-state index contributed by atoms with van der Waals surface area (Å²) < 4.78 is 35.3. The van der Waals surface area contributed by atoms with Crippen molar-refractivity contribution in [1.82, 2.24) is 4.83 Å². The van der Waals surface area contributed by atoms with Crippen LogP contribution in [0.25, 0.3) is 0 Å². The maximum Gasteiger partial charge on any atom is 0.276 e. The largest absolute Gasteiger partial charge is 0.494 e. The van der Waals surface area contributed by atoms with Gasteiger partial charge >= 0.3 is 0 Å². The summed E-state index contributed by atoms with van der Waals surface area (Å²) in [5, 5.41) is 3.77. The SMILES string of the molecule is CCOc1ccc(S(=O)(=O)N/N=C\c2ccc([C@@H]3C[C@@H]3C)o2)cc1. The molecule has 24 heavy (non-hydrogen) atoms. The average Bonchev–Trinajstić information content (AvgIpc) is 3.09. The average molecular weight is 348 g/mol. The lowest BCUT2D eigenvalue weighted by Gasteiger charge is -2.05. The monoisotopic (exact) mass is 348 g/mol. The van der Waals surface area contributed by atoms with Crippen molar-refractivity contribution in [3.05, 3.63) is 47.9 Å². The van der Waals surface area contributed by atoms with E-state index in [4.69, 9.17) is 9.15 Å². The third kappa shape index (κ3) is 3.79. The molecule has 1 aromatic heterocycles. The van der Waals surface area contributed by atoms with Crippen LogP contribution in [-0.2, 0) is 10.0 Å². The molecule has 7 heteroatoms. The van der Waals surface area contributed by atoms with E-state index in [-0.39, 0.29) is 4.90 Å². The first-order chi connectivity index (χ1) is 11.5. The maximum atomic E-state index is 12.2. The first-order valence-corrected chi connectivity index (χ1v) is 9.35. The van der Waals surface area contributed by atoms with Crippen molar-refractivity contribution in [3.63, 3.8) is 0 Å². The van der Waals surface area contributed by atoms with Gasteiger partial charge in [-0.05, 0) is 55.7 Å². The van der Waals surface area contributed by atoms with Crippen molar-refractivity contribution in [2.24, 2.45) is 11.0 Å². The lowest BCUT2D eigenvalue weighted by atomic mass is 10.3. The number of hydrogen-bond donors (Lipinski definition) is 1. The van der Waals surface area contributed by atoms with E-state index in [9.17, 15) is 8.42 Å². The van der Waals surface area contributed by atoms with Crippen LogP contribution >= 0.6 is 0 Å². The molecular weight excluding hydrogens is 328 g/mol. The zero-order valence-corrected chi connectivity index (χ0v) is 14.4. The number of furan rings is 1. The predicted molar refractivity (Wildman–Crippen MR) is 90.8 cm³/mol. The van der Waals surface area contributed by atoms with Crippen molar-refractivity contribution in [2.75, 3.05) is 6.61 Å². The van der Waals surface area contributed by atoms with Gasteiger partial charge in [0.15, 0.2) is 0 Å². The van der Waals surface area contributed by atoms with Gasteiger partial charge in [0.05, 0.1) is 17.7 Å². The number of benzene rings is 1. The normalized spacial score (nSPS) is 20.2. The third-order valence-electron chi connectivity index (χ3n) is 3.93. The van der Waals surface area contributed by atoms with Crippen LogP contribution in [0, 0.1) is 5.92 Å². The Labute approximate surface area is 141 Å². The standard InChI is InChI=1S/C17H20N2O4S/c1-3-22-13-4-7-15(8-5-13)24(20,21)19-18-11-14-6-9-17(23-14)16-10-12(16)2/h4-9,11-12,16,19H,3,10H2,1-2H3/b18-11-/t12-,16+/m0/s1. The Morgan fingerprint density at radius 3 is 2.62 bits per heavy atom. The van der Waals surface area contributed by atoms with Crippen LogP contribution < -0.4 is 9.57 Å². The summed E-state index contributed by atoms with van der Waals surface area (Å²) in [5.74, 6) is 3.21. The quantitative estimate of drug-likeness (QED) is 0.616. The van der Waals surface area contributed by atoms with Crippen LogP contribution in [0.2, 0.25) is 0 Å². The van der Waals surface area contributed by atoms with Crippen LogP contribution in [0.1, 0.15) is 37.7 Å². The lowest BCUT2D eigenvalue weighted by Crippen LogP contribution is -2.18. The van der Waals surface area contributed by atoms with Gasteiger partial charge in [-0.3, -0.25) is 0 Å². The topological polar surface area (TPSA) is 80.9 Å². The Balaban J connectivity index is 1.62. The minimum absolute atomic E-state index is 0.120. The van der Waals surface area contributed by atoms with E-state index in [0.717, 1.165) is 12.2 Å². The Bertz CT molecular complexity index is 825. The van der Waals surface area contributed by atoms with Crippen molar-refractivity contribution in [2.45, 2.75) is 31.1 Å². The molecule has 0 spiro atoms. The number of nitrogens with one attached hydrogen (secondary N) is 1. The van der Waals surface area contributed by atoms with Gasteiger partial charge in [-0.2, -0.15) is 18.4 Å². The molecule has 1 fully saturated rings. The molecule has 0 saturated heterocycles. The maximum absolute atomic E-state index is 12.2. The van der Waals surface area contributed by atoms with Gasteiger partial charge in [-0.1, -0.05) is 6.92 Å². The molecule has 0 radical (unpaired) electrons. The van der Waals surface area contributed by atoms with E-state index in [1.165, 1.54) is 18.3 Å². The molecule has 2 aromatic rings. The number of nitrogens with zero attached hydrogens (tertiary/aromatic N) is 1. The van der Waals surface area contributed by atoms with Crippen molar-refractivity contribution in [3.8, 4) is 5.75 Å². The molecule has 0 unspecified atom stereocenters. The van der Waals surface area contributed by atoms with Crippen LogP contribution in [0.4, 0.5) is 0 Å². The third-order valence-corrected chi connectivity index (χ3v) is 5.17. The minimum Gasteiger partial charge on any atom is -0.494 e. The van der Waals surface area contributed by atoms with Crippen molar-refractivity contribution < 1.29 is 17.6 Å². The molecular formula is C17H20N2O4S. The molecule has 1 aliphatic rings. The fraction of sp³-hybridized carbons (Fsp3) is 0.353. The van der Waals surface area contributed by atoms with Crippen LogP contribution in [0.5, 0.6) is 5.75 Å². The highest BCUT2D eigenvalue weighted by Gasteiger charge is 2.36. The first-order valence-electron chi connectivity index (χ1n) is 7.87. The molecule has 6 nitrogen and oxygen atoms in total. The van der Waals surface area contributed by atoms with Crippen molar-refractivity contribution in [1.29, 1.82) is 0 Å². The minimum atomic E-state index is -3.71. The fourth-order valence-electron chi connectivity index (χ4n) is 2.45. The van der Waals surface area contributed by atoms with E-state index in [1.54, 1.807) is 18.2 Å². The Morgan fingerprint density at radius 1 is 1.29 bits per heavy atom. The summed E-state index contributed by atoms with van der Waals surface area (Å²) in [7, 11) is -3.71. The second-order valence-corrected chi connectivity index (χ2v) is 7.48. The Morgan fingerprint density at radius 2 is 2.00 bits per heavy atom. The van der Waals surface area contributed by atoms with Crippen LogP contribution in [0.15, 0.2) is 50.8 Å². The molecule has 1 aromatic carbocycles. The molecule has 3 rings (SSSR count). The number of ether oxygens (including phenoxy) is 1. The Kier molecular flexibility index (Phi) is 4.62. The zero-order valence-electron chi connectivity index (χ0n) is 13.6. The summed E-state index contributed by atoms with van der Waals surface area (Å²) in [4.78, 5) is 2.30. The van der Waals surface area contributed by atoms with Gasteiger partial charge in [-0.15, -0.1) is 0 Å². The number of hydrazone groups is 1. The van der Waals surface area contributed by atoms with Gasteiger partial charge in [0.25, 0.3) is 10.0 Å². The molecule has 0 aliphatic heterocycles. The zero-order chi connectivity index (χ0) is 17.2. The summed E-state index contributed by atoms with van der Waals surface area (Å²) in [6.45, 7) is 4.57. The summed E-state index contributed by atoms with van der Waals surface area (Å²) in [6, 6.07) is 9.87. The summed E-state index contributed by atoms with van der Waals surface area (Å²) in [6.07, 6.45) is 2.50. The summed E-state index contributed by atoms with van der Waals surface area (Å²) in [5.41, 5.74) is 0. The van der Waals surface area contributed by atoms with E-state index < -0.39 is 10.0 Å². The van der Waals surface area contributed by atoms with Gasteiger partial charge in [-0.25, -0.2) is 0 Å². The van der Waals surface area contributed by atoms with Gasteiger partial charge in [0, 0.05) is 5.92 Å². The second kappa shape index (κ2) is 6.68. The molecule has 0 amide bonds. The van der Waals surface area contributed by atoms with Crippen LogP contribution in [-0.4, -0.2) is 21.2 Å². The van der Waals surface area contributed by atoms with Gasteiger partial charge < -0.3 is 9.15 Å². The van der Waals surface area contributed by atoms with E-state index in [2.05, 4.69) is 16.9 Å². The van der Waals surface area contributed by atoms with Gasteiger partial charge in [0.2, 0.25) is 0 Å². The molecule has 1 saturated carbocycles. The smallest absolute Gasteiger partial charge is 0.276 e. The lowest BCUT2D eigenvalue weighted by molar-refractivity contribution is 0.340. The number of hydrogen-bond acceptors (Lipinski definition) is 5. The molecule has 1 heterocycles. The fourth-order valence-corrected chi connectivity index (χ4v) is 3.24. The predicted octanol–water partition coefficient (Wildman–Crippen LogP) is 3.11. The first kappa shape index (κ1) is 16.6. The Hall–Kier alpha value is -2.28. The highest BCUT2D eigenvalue weighted by molar-refractivity contribution is 7.89. The molecule has 128 valence electrons. The molecule has 1 N–H and O–H groups in total. The highest BCUT2D eigenvalue weighted by Crippen LogP contribution is 2.47. The highest BCUT2D eigenvalue weighted by atomic mass is 32.2.